The average molecular weight is 335 g/mol. The first-order chi connectivity index (χ1) is 12.0. The van der Waals surface area contributed by atoms with Gasteiger partial charge in [-0.05, 0) is 42.5 Å². The predicted octanol–water partition coefficient (Wildman–Crippen LogP) is 3.72. The smallest absolute Gasteiger partial charge is 0.326 e. The van der Waals surface area contributed by atoms with E-state index in [4.69, 9.17) is 0 Å². The molecule has 1 aliphatic rings. The predicted molar refractivity (Wildman–Crippen MR) is 97.3 cm³/mol. The lowest BCUT2D eigenvalue weighted by atomic mass is 9.95. The van der Waals surface area contributed by atoms with Gasteiger partial charge >= 0.3 is 5.97 Å². The SMILES string of the molecule is CC(C)=CC[C@H](NC(=O)C1c2ccccc2-c2ccccc21)C(=O)O. The minimum atomic E-state index is -1.02. The molecule has 2 aromatic rings. The van der Waals surface area contributed by atoms with Gasteiger partial charge in [0.25, 0.3) is 0 Å². The molecule has 1 atom stereocenters. The van der Waals surface area contributed by atoms with Crippen LogP contribution in [0.3, 0.4) is 0 Å². The van der Waals surface area contributed by atoms with Gasteiger partial charge in [0.05, 0.1) is 5.92 Å². The zero-order chi connectivity index (χ0) is 18.0. The molecule has 0 spiro atoms. The summed E-state index contributed by atoms with van der Waals surface area (Å²) in [6.45, 7) is 3.81. The van der Waals surface area contributed by atoms with Crippen LogP contribution in [0.15, 0.2) is 60.2 Å². The first kappa shape index (κ1) is 17.0. The standard InChI is InChI=1S/C21H21NO3/c1-13(2)11-12-18(21(24)25)22-20(23)19-16-9-5-3-7-14(16)15-8-4-6-10-17(15)19/h3-11,18-19H,12H2,1-2H3,(H,22,23)(H,24,25)/t18-/m0/s1. The molecule has 0 aliphatic heterocycles. The van der Waals surface area contributed by atoms with Crippen LogP contribution in [0, 0.1) is 0 Å². The molecule has 128 valence electrons. The molecule has 4 heteroatoms. The largest absolute Gasteiger partial charge is 0.480 e. The number of carbonyl (C=O) groups excluding carboxylic acids is 1. The summed E-state index contributed by atoms with van der Waals surface area (Å²) >= 11 is 0. The Balaban J connectivity index is 1.91. The van der Waals surface area contributed by atoms with Crippen LogP contribution in [0.1, 0.15) is 37.3 Å². The van der Waals surface area contributed by atoms with E-state index in [1.165, 1.54) is 0 Å². The monoisotopic (exact) mass is 335 g/mol. The Hall–Kier alpha value is -2.88. The van der Waals surface area contributed by atoms with Crippen LogP contribution in [0.25, 0.3) is 11.1 Å². The Morgan fingerprint density at radius 1 is 1.04 bits per heavy atom. The van der Waals surface area contributed by atoms with E-state index in [1.54, 1.807) is 0 Å². The zero-order valence-electron chi connectivity index (χ0n) is 14.3. The Bertz CT molecular complexity index is 804. The van der Waals surface area contributed by atoms with Crippen molar-refractivity contribution in [2.75, 3.05) is 0 Å². The number of aliphatic carboxylic acids is 1. The number of carbonyl (C=O) groups is 2. The summed E-state index contributed by atoms with van der Waals surface area (Å²) in [6.07, 6.45) is 2.11. The van der Waals surface area contributed by atoms with Crippen molar-refractivity contribution in [1.82, 2.24) is 5.32 Å². The first-order valence-electron chi connectivity index (χ1n) is 8.34. The molecule has 0 bridgehead atoms. The summed E-state index contributed by atoms with van der Waals surface area (Å²) in [6, 6.07) is 14.7. The lowest BCUT2D eigenvalue weighted by Crippen LogP contribution is -2.42. The molecule has 2 aromatic carbocycles. The van der Waals surface area contributed by atoms with Crippen molar-refractivity contribution < 1.29 is 14.7 Å². The van der Waals surface area contributed by atoms with Gasteiger partial charge in [-0.1, -0.05) is 60.2 Å². The molecule has 0 unspecified atom stereocenters. The number of carboxylic acids is 1. The van der Waals surface area contributed by atoms with Crippen molar-refractivity contribution in [3.8, 4) is 11.1 Å². The summed E-state index contributed by atoms with van der Waals surface area (Å²) < 4.78 is 0. The van der Waals surface area contributed by atoms with Gasteiger partial charge in [-0.25, -0.2) is 4.79 Å². The Morgan fingerprint density at radius 2 is 1.56 bits per heavy atom. The second-order valence-electron chi connectivity index (χ2n) is 6.52. The molecule has 4 nitrogen and oxygen atoms in total. The van der Waals surface area contributed by atoms with Crippen molar-refractivity contribution in [2.45, 2.75) is 32.2 Å². The molecule has 0 aromatic heterocycles. The average Bonchev–Trinajstić information content (AvgIpc) is 2.92. The minimum absolute atomic E-state index is 0.271. The number of benzene rings is 2. The van der Waals surface area contributed by atoms with Crippen molar-refractivity contribution >= 4 is 11.9 Å². The summed E-state index contributed by atoms with van der Waals surface area (Å²) in [7, 11) is 0. The third-order valence-corrected chi connectivity index (χ3v) is 4.47. The number of amides is 1. The van der Waals surface area contributed by atoms with E-state index in [0.29, 0.717) is 0 Å². The third-order valence-electron chi connectivity index (χ3n) is 4.47. The van der Waals surface area contributed by atoms with Crippen molar-refractivity contribution in [2.24, 2.45) is 0 Å². The third kappa shape index (κ3) is 3.33. The van der Waals surface area contributed by atoms with E-state index in [2.05, 4.69) is 5.32 Å². The van der Waals surface area contributed by atoms with Gasteiger partial charge in [0, 0.05) is 0 Å². The highest BCUT2D eigenvalue weighted by Gasteiger charge is 2.34. The fourth-order valence-corrected chi connectivity index (χ4v) is 3.27. The van der Waals surface area contributed by atoms with Crippen LogP contribution < -0.4 is 5.32 Å². The maximum absolute atomic E-state index is 12.9. The number of hydrogen-bond acceptors (Lipinski definition) is 2. The van der Waals surface area contributed by atoms with Crippen molar-refractivity contribution in [3.05, 3.63) is 71.3 Å². The number of fused-ring (bicyclic) bond motifs is 3. The Morgan fingerprint density at radius 3 is 2.04 bits per heavy atom. The summed E-state index contributed by atoms with van der Waals surface area (Å²) in [5.74, 6) is -1.77. The van der Waals surface area contributed by atoms with Crippen LogP contribution in [0.5, 0.6) is 0 Å². The van der Waals surface area contributed by atoms with E-state index in [0.717, 1.165) is 27.8 Å². The fourth-order valence-electron chi connectivity index (χ4n) is 3.27. The van der Waals surface area contributed by atoms with E-state index in [1.807, 2.05) is 68.5 Å². The van der Waals surface area contributed by atoms with Crippen LogP contribution >= 0.6 is 0 Å². The Labute approximate surface area is 147 Å². The van der Waals surface area contributed by atoms with Crippen molar-refractivity contribution in [3.63, 3.8) is 0 Å². The topological polar surface area (TPSA) is 66.4 Å². The summed E-state index contributed by atoms with van der Waals surface area (Å²) in [5.41, 5.74) is 4.95. The van der Waals surface area contributed by atoms with Gasteiger partial charge < -0.3 is 10.4 Å². The molecule has 0 fully saturated rings. The zero-order valence-corrected chi connectivity index (χ0v) is 14.3. The Kier molecular flexibility index (Phi) is 4.70. The molecule has 0 radical (unpaired) electrons. The first-order valence-corrected chi connectivity index (χ1v) is 8.34. The lowest BCUT2D eigenvalue weighted by Gasteiger charge is -2.18. The van der Waals surface area contributed by atoms with E-state index < -0.39 is 17.9 Å². The van der Waals surface area contributed by atoms with Gasteiger partial charge in [-0.15, -0.1) is 0 Å². The number of hydrogen-bond donors (Lipinski definition) is 2. The molecule has 0 saturated heterocycles. The molecule has 2 N–H and O–H groups in total. The molecule has 0 heterocycles. The molecular formula is C21H21NO3. The highest BCUT2D eigenvalue weighted by molar-refractivity contribution is 5.97. The van der Waals surface area contributed by atoms with E-state index >= 15 is 0 Å². The molecule has 3 rings (SSSR count). The number of allylic oxidation sites excluding steroid dienone is 1. The minimum Gasteiger partial charge on any atom is -0.480 e. The fraction of sp³-hybridized carbons (Fsp3) is 0.238. The van der Waals surface area contributed by atoms with Gasteiger partial charge in [0.2, 0.25) is 5.91 Å². The van der Waals surface area contributed by atoms with Gasteiger partial charge in [0.1, 0.15) is 6.04 Å². The van der Waals surface area contributed by atoms with Gasteiger partial charge in [-0.3, -0.25) is 4.79 Å². The summed E-state index contributed by atoms with van der Waals surface area (Å²) in [5, 5.41) is 12.1. The number of nitrogens with one attached hydrogen (secondary N) is 1. The highest BCUT2D eigenvalue weighted by atomic mass is 16.4. The van der Waals surface area contributed by atoms with Crippen LogP contribution in [0.4, 0.5) is 0 Å². The van der Waals surface area contributed by atoms with Crippen LogP contribution in [-0.4, -0.2) is 23.0 Å². The molecular weight excluding hydrogens is 314 g/mol. The normalized spacial score (nSPS) is 13.5. The van der Waals surface area contributed by atoms with Gasteiger partial charge in [0.15, 0.2) is 0 Å². The van der Waals surface area contributed by atoms with Gasteiger partial charge in [-0.2, -0.15) is 0 Å². The van der Waals surface area contributed by atoms with E-state index in [9.17, 15) is 14.7 Å². The van der Waals surface area contributed by atoms with Crippen LogP contribution in [0.2, 0.25) is 0 Å². The molecule has 25 heavy (non-hydrogen) atoms. The highest BCUT2D eigenvalue weighted by Crippen LogP contribution is 2.44. The summed E-state index contributed by atoms with van der Waals surface area (Å²) in [4.78, 5) is 24.4. The van der Waals surface area contributed by atoms with E-state index in [-0.39, 0.29) is 12.3 Å². The molecule has 1 aliphatic carbocycles. The lowest BCUT2D eigenvalue weighted by molar-refractivity contribution is -0.141. The molecule has 1 amide bonds. The number of carboxylic acid groups (broad SMARTS) is 1. The van der Waals surface area contributed by atoms with Crippen LogP contribution in [-0.2, 0) is 9.59 Å². The second-order valence-corrected chi connectivity index (χ2v) is 6.52. The number of rotatable bonds is 5. The second kappa shape index (κ2) is 6.93. The maximum Gasteiger partial charge on any atom is 0.326 e. The maximum atomic E-state index is 12.9. The molecule has 0 saturated carbocycles. The van der Waals surface area contributed by atoms with Crippen molar-refractivity contribution in [1.29, 1.82) is 0 Å². The quantitative estimate of drug-likeness (QED) is 0.818.